The van der Waals surface area contributed by atoms with Gasteiger partial charge in [-0.25, -0.2) is 4.39 Å². The zero-order valence-corrected chi connectivity index (χ0v) is 9.57. The number of halogens is 1. The van der Waals surface area contributed by atoms with E-state index in [0.717, 1.165) is 4.90 Å². The summed E-state index contributed by atoms with van der Waals surface area (Å²) in [5.41, 5.74) is 0. The van der Waals surface area contributed by atoms with Crippen LogP contribution in [0.3, 0.4) is 0 Å². The van der Waals surface area contributed by atoms with E-state index in [-0.39, 0.29) is 5.82 Å². The topological polar surface area (TPSA) is 12.0 Å². The van der Waals surface area contributed by atoms with Crippen molar-refractivity contribution in [1.82, 2.24) is 4.72 Å². The third-order valence-electron chi connectivity index (χ3n) is 2.18. The number of benzene rings is 1. The molecule has 3 heteroatoms. The fraction of sp³-hybridized carbons (Fsp3) is 0.455. The molecule has 0 bridgehead atoms. The van der Waals surface area contributed by atoms with Gasteiger partial charge in [-0.15, -0.1) is 0 Å². The normalized spacial score (nSPS) is 13.2. The molecule has 0 saturated carbocycles. The Balaban J connectivity index is 2.42. The summed E-state index contributed by atoms with van der Waals surface area (Å²) in [5, 5.41) is 0. The first kappa shape index (κ1) is 11.5. The zero-order chi connectivity index (χ0) is 10.6. The Labute approximate surface area is 89.2 Å². The van der Waals surface area contributed by atoms with Gasteiger partial charge in [0.15, 0.2) is 0 Å². The van der Waals surface area contributed by atoms with E-state index in [9.17, 15) is 4.39 Å². The first-order chi connectivity index (χ1) is 6.59. The van der Waals surface area contributed by atoms with Crippen molar-refractivity contribution in [2.24, 2.45) is 5.92 Å². The van der Waals surface area contributed by atoms with E-state index in [2.05, 4.69) is 25.5 Å². The van der Waals surface area contributed by atoms with Crippen LogP contribution in [-0.2, 0) is 0 Å². The SMILES string of the molecule is CC(C)C(C)NSc1ccc(F)cc1. The first-order valence-corrected chi connectivity index (χ1v) is 5.59. The van der Waals surface area contributed by atoms with Crippen LogP contribution in [0.5, 0.6) is 0 Å². The maximum atomic E-state index is 12.6. The van der Waals surface area contributed by atoms with Crippen LogP contribution >= 0.6 is 11.9 Å². The zero-order valence-electron chi connectivity index (χ0n) is 8.75. The van der Waals surface area contributed by atoms with Crippen LogP contribution in [0.15, 0.2) is 29.2 Å². The maximum absolute atomic E-state index is 12.6. The summed E-state index contributed by atoms with van der Waals surface area (Å²) >= 11 is 1.55. The Morgan fingerprint density at radius 3 is 2.21 bits per heavy atom. The molecule has 0 radical (unpaired) electrons. The van der Waals surface area contributed by atoms with Crippen LogP contribution in [0.4, 0.5) is 4.39 Å². The summed E-state index contributed by atoms with van der Waals surface area (Å²) in [6.07, 6.45) is 0. The molecule has 0 fully saturated rings. The molecule has 1 atom stereocenters. The molecule has 0 aliphatic heterocycles. The highest BCUT2D eigenvalue weighted by atomic mass is 32.2. The summed E-state index contributed by atoms with van der Waals surface area (Å²) in [4.78, 5) is 1.04. The van der Waals surface area contributed by atoms with Crippen molar-refractivity contribution < 1.29 is 4.39 Å². The standard InChI is InChI=1S/C11H16FNS/c1-8(2)9(3)13-14-11-6-4-10(12)5-7-11/h4-9,13H,1-3H3. The fourth-order valence-electron chi connectivity index (χ4n) is 0.800. The molecule has 1 unspecified atom stereocenters. The molecule has 0 amide bonds. The molecule has 14 heavy (non-hydrogen) atoms. The molecule has 0 aliphatic carbocycles. The lowest BCUT2D eigenvalue weighted by atomic mass is 10.1. The number of hydrogen-bond acceptors (Lipinski definition) is 2. The molecule has 0 aromatic heterocycles. The van der Waals surface area contributed by atoms with Crippen molar-refractivity contribution in [3.63, 3.8) is 0 Å². The minimum Gasteiger partial charge on any atom is -0.257 e. The van der Waals surface area contributed by atoms with Gasteiger partial charge in [-0.2, -0.15) is 0 Å². The summed E-state index contributed by atoms with van der Waals surface area (Å²) in [6.45, 7) is 6.48. The van der Waals surface area contributed by atoms with Crippen LogP contribution in [0, 0.1) is 11.7 Å². The summed E-state index contributed by atoms with van der Waals surface area (Å²) in [5.74, 6) is 0.411. The van der Waals surface area contributed by atoms with Gasteiger partial charge in [0.25, 0.3) is 0 Å². The van der Waals surface area contributed by atoms with Gasteiger partial charge in [0.2, 0.25) is 0 Å². The van der Waals surface area contributed by atoms with Crippen LogP contribution in [0.25, 0.3) is 0 Å². The van der Waals surface area contributed by atoms with Gasteiger partial charge in [-0.05, 0) is 49.1 Å². The average Bonchev–Trinajstić information content (AvgIpc) is 2.16. The van der Waals surface area contributed by atoms with Gasteiger partial charge in [0.05, 0.1) is 0 Å². The predicted molar refractivity (Wildman–Crippen MR) is 59.7 cm³/mol. The summed E-state index contributed by atoms with van der Waals surface area (Å²) in [7, 11) is 0. The van der Waals surface area contributed by atoms with E-state index in [1.54, 1.807) is 24.1 Å². The van der Waals surface area contributed by atoms with Crippen molar-refractivity contribution in [2.75, 3.05) is 0 Å². The Morgan fingerprint density at radius 1 is 1.14 bits per heavy atom. The highest BCUT2D eigenvalue weighted by Crippen LogP contribution is 2.16. The molecule has 0 spiro atoms. The number of rotatable bonds is 4. The lowest BCUT2D eigenvalue weighted by molar-refractivity contribution is 0.502. The van der Waals surface area contributed by atoms with E-state index < -0.39 is 0 Å². The van der Waals surface area contributed by atoms with E-state index in [1.165, 1.54) is 12.1 Å². The Morgan fingerprint density at radius 2 is 1.71 bits per heavy atom. The van der Waals surface area contributed by atoms with Gasteiger partial charge in [-0.3, -0.25) is 4.72 Å². The maximum Gasteiger partial charge on any atom is 0.123 e. The van der Waals surface area contributed by atoms with Crippen molar-refractivity contribution in [3.8, 4) is 0 Å². The van der Waals surface area contributed by atoms with E-state index in [4.69, 9.17) is 0 Å². The average molecular weight is 213 g/mol. The van der Waals surface area contributed by atoms with Gasteiger partial charge in [0.1, 0.15) is 5.82 Å². The Hall–Kier alpha value is -0.540. The smallest absolute Gasteiger partial charge is 0.123 e. The van der Waals surface area contributed by atoms with Crippen LogP contribution in [0.1, 0.15) is 20.8 Å². The molecule has 1 rings (SSSR count). The largest absolute Gasteiger partial charge is 0.257 e. The van der Waals surface area contributed by atoms with Crippen LogP contribution in [-0.4, -0.2) is 6.04 Å². The molecule has 1 aromatic carbocycles. The Bertz CT molecular complexity index is 271. The summed E-state index contributed by atoms with van der Waals surface area (Å²) in [6, 6.07) is 6.96. The van der Waals surface area contributed by atoms with Crippen LogP contribution in [0.2, 0.25) is 0 Å². The highest BCUT2D eigenvalue weighted by molar-refractivity contribution is 7.97. The number of hydrogen-bond donors (Lipinski definition) is 1. The van der Waals surface area contributed by atoms with E-state index in [0.29, 0.717) is 12.0 Å². The molecule has 78 valence electrons. The predicted octanol–water partition coefficient (Wildman–Crippen LogP) is 3.47. The van der Waals surface area contributed by atoms with Crippen molar-refractivity contribution in [1.29, 1.82) is 0 Å². The van der Waals surface area contributed by atoms with Gasteiger partial charge >= 0.3 is 0 Å². The van der Waals surface area contributed by atoms with Gasteiger partial charge in [-0.1, -0.05) is 13.8 Å². The highest BCUT2D eigenvalue weighted by Gasteiger charge is 2.06. The molecule has 0 heterocycles. The van der Waals surface area contributed by atoms with Crippen molar-refractivity contribution in [3.05, 3.63) is 30.1 Å². The van der Waals surface area contributed by atoms with Gasteiger partial charge in [0, 0.05) is 10.9 Å². The lowest BCUT2D eigenvalue weighted by Gasteiger charge is -2.16. The Kier molecular flexibility index (Phi) is 4.42. The molecule has 1 N–H and O–H groups in total. The minimum absolute atomic E-state index is 0.189. The van der Waals surface area contributed by atoms with E-state index in [1.807, 2.05) is 0 Å². The van der Waals surface area contributed by atoms with Crippen molar-refractivity contribution >= 4 is 11.9 Å². The fourth-order valence-corrected chi connectivity index (χ4v) is 1.67. The monoisotopic (exact) mass is 213 g/mol. The van der Waals surface area contributed by atoms with Crippen molar-refractivity contribution in [2.45, 2.75) is 31.7 Å². The minimum atomic E-state index is -0.189. The number of nitrogens with one attached hydrogen (secondary N) is 1. The second kappa shape index (κ2) is 5.37. The lowest BCUT2D eigenvalue weighted by Crippen LogP contribution is -2.24. The quantitative estimate of drug-likeness (QED) is 0.769. The molecule has 1 nitrogen and oxygen atoms in total. The second-order valence-corrected chi connectivity index (χ2v) is 4.62. The third kappa shape index (κ3) is 3.68. The third-order valence-corrected chi connectivity index (χ3v) is 3.17. The molecule has 1 aromatic rings. The first-order valence-electron chi connectivity index (χ1n) is 4.77. The van der Waals surface area contributed by atoms with Crippen LogP contribution < -0.4 is 4.72 Å². The molecule has 0 aliphatic rings. The second-order valence-electron chi connectivity index (χ2n) is 3.71. The molecular weight excluding hydrogens is 197 g/mol. The van der Waals surface area contributed by atoms with Gasteiger partial charge < -0.3 is 0 Å². The molecule has 0 saturated heterocycles. The van der Waals surface area contributed by atoms with E-state index >= 15 is 0 Å². The summed E-state index contributed by atoms with van der Waals surface area (Å²) < 4.78 is 15.9. The molecular formula is C11H16FNS.